The molecular formula is C62H46ClNO. The molecule has 0 aliphatic heterocycles. The highest BCUT2D eigenvalue weighted by atomic mass is 35.5. The van der Waals surface area contributed by atoms with E-state index in [2.05, 4.69) is 193 Å². The zero-order valence-electron chi connectivity index (χ0n) is 36.1. The molecule has 1 aromatic heterocycles. The highest BCUT2D eigenvalue weighted by Gasteiger charge is 2.62. The summed E-state index contributed by atoms with van der Waals surface area (Å²) >= 11 is 7.69. The summed E-state index contributed by atoms with van der Waals surface area (Å²) in [7, 11) is 0. The first-order valence-electron chi connectivity index (χ1n) is 23.5. The Morgan fingerprint density at radius 3 is 1.80 bits per heavy atom. The van der Waals surface area contributed by atoms with E-state index in [1.165, 1.54) is 98.5 Å². The van der Waals surface area contributed by atoms with Gasteiger partial charge >= 0.3 is 0 Å². The smallest absolute Gasteiger partial charge is 0.135 e. The Bertz CT molecular complexity index is 3490. The van der Waals surface area contributed by atoms with E-state index < -0.39 is 0 Å². The molecule has 65 heavy (non-hydrogen) atoms. The molecule has 4 saturated carbocycles. The van der Waals surface area contributed by atoms with E-state index in [9.17, 15) is 0 Å². The number of halogens is 1. The maximum Gasteiger partial charge on any atom is 0.135 e. The van der Waals surface area contributed by atoms with Gasteiger partial charge in [0.25, 0.3) is 0 Å². The zero-order valence-corrected chi connectivity index (χ0v) is 36.8. The lowest BCUT2D eigenvalue weighted by molar-refractivity contribution is -0.0399. The number of hydrogen-bond donors (Lipinski definition) is 0. The minimum atomic E-state index is -0.00702. The Morgan fingerprint density at radius 1 is 0.415 bits per heavy atom. The third-order valence-corrected chi connectivity index (χ3v) is 16.4. The third kappa shape index (κ3) is 5.73. The minimum absolute atomic E-state index is 0.00702. The van der Waals surface area contributed by atoms with Crippen LogP contribution in [0.2, 0.25) is 5.02 Å². The fourth-order valence-electron chi connectivity index (χ4n) is 13.5. The number of nitrogens with zero attached hydrogens (tertiary/aromatic N) is 1. The standard InChI is InChI=1S/C62H46ClNO/c63-58-37-47(43-15-16-44-33-52(24-19-42(44)32-43)64(50-11-5-2-6-12-50)51-22-17-41(18-23-51)40-9-3-1-4-10-40)36-57-61(58)55-35-45(46-21-26-60-54(34-46)53-13-7-8-14-59(53)65-60)20-25-56(55)62(57)48-28-38-27-39(30-48)31-49(62)29-38/h1-26,32-39,48-49H,27-31H2. The highest BCUT2D eigenvalue weighted by Crippen LogP contribution is 2.70. The van der Waals surface area contributed by atoms with Crippen LogP contribution in [0.5, 0.6) is 0 Å². The molecule has 0 N–H and O–H groups in total. The van der Waals surface area contributed by atoms with Crippen molar-refractivity contribution in [3.8, 4) is 44.5 Å². The van der Waals surface area contributed by atoms with E-state index >= 15 is 0 Å². The zero-order chi connectivity index (χ0) is 42.8. The van der Waals surface area contributed by atoms with Crippen molar-refractivity contribution in [2.45, 2.75) is 37.5 Å². The first kappa shape index (κ1) is 37.5. The Morgan fingerprint density at radius 2 is 1.00 bits per heavy atom. The van der Waals surface area contributed by atoms with E-state index in [4.69, 9.17) is 16.0 Å². The quantitative estimate of drug-likeness (QED) is 0.166. The molecule has 0 unspecified atom stereocenters. The molecule has 15 rings (SSSR count). The molecule has 5 aliphatic rings. The van der Waals surface area contributed by atoms with Crippen molar-refractivity contribution < 1.29 is 4.42 Å². The summed E-state index contributed by atoms with van der Waals surface area (Å²) in [6, 6.07) is 71.3. The number of fused-ring (bicyclic) bond motifs is 7. The molecule has 0 atom stereocenters. The van der Waals surface area contributed by atoms with E-state index in [-0.39, 0.29) is 5.41 Å². The van der Waals surface area contributed by atoms with Gasteiger partial charge in [-0.2, -0.15) is 0 Å². The summed E-state index contributed by atoms with van der Waals surface area (Å²) in [5, 5.41) is 5.61. The highest BCUT2D eigenvalue weighted by molar-refractivity contribution is 6.34. The van der Waals surface area contributed by atoms with E-state index in [1.807, 2.05) is 6.07 Å². The molecule has 5 aliphatic carbocycles. The summed E-state index contributed by atoms with van der Waals surface area (Å²) < 4.78 is 6.22. The van der Waals surface area contributed by atoms with Crippen molar-refractivity contribution in [1.29, 1.82) is 0 Å². The van der Waals surface area contributed by atoms with Crippen LogP contribution in [0.1, 0.15) is 43.2 Å². The normalized spacial score (nSPS) is 21.4. The Labute approximate surface area is 384 Å². The number of furan rings is 1. The SMILES string of the molecule is Clc1cc(-c2ccc3cc(N(c4ccccc4)c4ccc(-c5ccccc5)cc4)ccc3c2)cc2c1-c1cc(-c3ccc4oc5ccccc5c4c3)ccc1C21C2CC3CC(C2)CC1C3. The first-order chi connectivity index (χ1) is 32.0. The van der Waals surface area contributed by atoms with Crippen LogP contribution < -0.4 is 4.90 Å². The van der Waals surface area contributed by atoms with Gasteiger partial charge in [-0.25, -0.2) is 0 Å². The lowest BCUT2D eigenvalue weighted by atomic mass is 9.43. The van der Waals surface area contributed by atoms with Gasteiger partial charge in [0, 0.05) is 43.8 Å². The van der Waals surface area contributed by atoms with Gasteiger partial charge in [0.1, 0.15) is 11.2 Å². The minimum Gasteiger partial charge on any atom is -0.456 e. The maximum absolute atomic E-state index is 7.69. The second kappa shape index (κ2) is 14.3. The van der Waals surface area contributed by atoms with Crippen LogP contribution in [0.25, 0.3) is 77.2 Å². The topological polar surface area (TPSA) is 16.4 Å². The molecule has 4 bridgehead atoms. The molecular weight excluding hydrogens is 810 g/mol. The Balaban J connectivity index is 0.865. The number of rotatable bonds is 6. The Kier molecular flexibility index (Phi) is 8.26. The average Bonchev–Trinajstić information content (AvgIpc) is 3.87. The molecule has 0 saturated heterocycles. The average molecular weight is 857 g/mol. The van der Waals surface area contributed by atoms with Crippen molar-refractivity contribution >= 4 is 61.4 Å². The van der Waals surface area contributed by atoms with E-state index in [0.717, 1.165) is 55.9 Å². The molecule has 9 aromatic carbocycles. The molecule has 1 heterocycles. The van der Waals surface area contributed by atoms with Crippen LogP contribution in [0.3, 0.4) is 0 Å². The Hall–Kier alpha value is -6.87. The van der Waals surface area contributed by atoms with Gasteiger partial charge in [0.05, 0.1) is 0 Å². The predicted octanol–water partition coefficient (Wildman–Crippen LogP) is 17.6. The van der Waals surface area contributed by atoms with Crippen molar-refractivity contribution in [3.05, 3.63) is 210 Å². The van der Waals surface area contributed by atoms with E-state index in [0.29, 0.717) is 11.8 Å². The van der Waals surface area contributed by atoms with Crippen LogP contribution >= 0.6 is 11.6 Å². The summed E-state index contributed by atoms with van der Waals surface area (Å²) in [6.45, 7) is 0. The lowest BCUT2D eigenvalue weighted by Gasteiger charge is -2.61. The molecule has 1 spiro atoms. The molecule has 3 heteroatoms. The first-order valence-corrected chi connectivity index (χ1v) is 23.9. The molecule has 10 aromatic rings. The van der Waals surface area contributed by atoms with Crippen molar-refractivity contribution in [2.24, 2.45) is 23.7 Å². The molecule has 2 nitrogen and oxygen atoms in total. The maximum atomic E-state index is 7.69. The second-order valence-electron chi connectivity index (χ2n) is 19.5. The third-order valence-electron chi connectivity index (χ3n) is 16.1. The molecule has 312 valence electrons. The van der Waals surface area contributed by atoms with Gasteiger partial charge in [-0.3, -0.25) is 0 Å². The monoisotopic (exact) mass is 855 g/mol. The van der Waals surface area contributed by atoms with Crippen LogP contribution in [0.15, 0.2) is 199 Å². The summed E-state index contributed by atoms with van der Waals surface area (Å²) in [6.07, 6.45) is 6.74. The summed E-state index contributed by atoms with van der Waals surface area (Å²) in [4.78, 5) is 2.35. The van der Waals surface area contributed by atoms with Crippen LogP contribution in [-0.4, -0.2) is 0 Å². The van der Waals surface area contributed by atoms with Crippen LogP contribution in [-0.2, 0) is 5.41 Å². The largest absolute Gasteiger partial charge is 0.456 e. The molecule has 0 radical (unpaired) electrons. The van der Waals surface area contributed by atoms with Crippen molar-refractivity contribution in [1.82, 2.24) is 0 Å². The van der Waals surface area contributed by atoms with Gasteiger partial charge in [0.2, 0.25) is 0 Å². The second-order valence-corrected chi connectivity index (χ2v) is 19.9. The number of anilines is 3. The number of hydrogen-bond acceptors (Lipinski definition) is 2. The summed E-state index contributed by atoms with van der Waals surface area (Å²) in [5.74, 6) is 3.01. The predicted molar refractivity (Wildman–Crippen MR) is 270 cm³/mol. The summed E-state index contributed by atoms with van der Waals surface area (Å²) in [5.41, 5.74) is 18.1. The number of benzene rings is 9. The van der Waals surface area contributed by atoms with Crippen LogP contribution in [0, 0.1) is 23.7 Å². The fraction of sp³-hybridized carbons (Fsp3) is 0.161. The van der Waals surface area contributed by atoms with Gasteiger partial charge in [-0.1, -0.05) is 127 Å². The van der Waals surface area contributed by atoms with Crippen LogP contribution in [0.4, 0.5) is 17.1 Å². The molecule has 4 fully saturated rings. The van der Waals surface area contributed by atoms with Crippen molar-refractivity contribution in [3.63, 3.8) is 0 Å². The van der Waals surface area contributed by atoms with Gasteiger partial charge in [0.15, 0.2) is 0 Å². The van der Waals surface area contributed by atoms with Crippen molar-refractivity contribution in [2.75, 3.05) is 4.90 Å². The van der Waals surface area contributed by atoms with Gasteiger partial charge in [-0.05, 0) is 195 Å². The fourth-order valence-corrected chi connectivity index (χ4v) is 13.9. The number of para-hydroxylation sites is 2. The van der Waals surface area contributed by atoms with Gasteiger partial charge in [-0.15, -0.1) is 0 Å². The lowest BCUT2D eigenvalue weighted by Crippen LogP contribution is -2.55. The molecule has 0 amide bonds. The van der Waals surface area contributed by atoms with Gasteiger partial charge < -0.3 is 9.32 Å². The van der Waals surface area contributed by atoms with E-state index in [1.54, 1.807) is 0 Å².